The van der Waals surface area contributed by atoms with Gasteiger partial charge in [0.2, 0.25) is 5.75 Å². The summed E-state index contributed by atoms with van der Waals surface area (Å²) >= 11 is 0. The first-order valence-corrected chi connectivity index (χ1v) is 12.2. The highest BCUT2D eigenvalue weighted by Crippen LogP contribution is 2.41. The Morgan fingerprint density at radius 1 is 1.06 bits per heavy atom. The highest BCUT2D eigenvalue weighted by atomic mass is 16.5. The molecule has 9 heteroatoms. The van der Waals surface area contributed by atoms with Crippen molar-refractivity contribution in [1.82, 2.24) is 24.9 Å². The Bertz CT molecular complexity index is 1200. The SMILES string of the molecule is COc1cc(-c2cc(C(=O)N(Cc3nn(C)c4c3CCC4)C3CCCC3)[nH]n2)cc(OC)c1OC. The Hall–Kier alpha value is -3.49. The first-order chi connectivity index (χ1) is 17.0. The maximum Gasteiger partial charge on any atom is 0.272 e. The highest BCUT2D eigenvalue weighted by molar-refractivity contribution is 5.93. The van der Waals surface area contributed by atoms with Gasteiger partial charge in [-0.15, -0.1) is 0 Å². The minimum Gasteiger partial charge on any atom is -0.493 e. The van der Waals surface area contributed by atoms with Crippen LogP contribution in [0.25, 0.3) is 11.3 Å². The lowest BCUT2D eigenvalue weighted by Gasteiger charge is -2.28. The van der Waals surface area contributed by atoms with Crippen molar-refractivity contribution in [3.05, 3.63) is 40.8 Å². The van der Waals surface area contributed by atoms with Gasteiger partial charge in [0.25, 0.3) is 5.91 Å². The van der Waals surface area contributed by atoms with E-state index in [0.717, 1.165) is 56.2 Å². The van der Waals surface area contributed by atoms with E-state index in [2.05, 4.69) is 10.2 Å². The highest BCUT2D eigenvalue weighted by Gasteiger charge is 2.31. The maximum atomic E-state index is 13.8. The molecule has 35 heavy (non-hydrogen) atoms. The van der Waals surface area contributed by atoms with Crippen molar-refractivity contribution >= 4 is 5.91 Å². The van der Waals surface area contributed by atoms with Crippen LogP contribution in [-0.4, -0.2) is 58.2 Å². The van der Waals surface area contributed by atoms with Gasteiger partial charge in [0.15, 0.2) is 11.5 Å². The second kappa shape index (κ2) is 9.64. The fourth-order valence-electron chi connectivity index (χ4n) is 5.53. The Morgan fingerprint density at radius 2 is 1.77 bits per heavy atom. The number of benzene rings is 1. The summed E-state index contributed by atoms with van der Waals surface area (Å²) in [7, 11) is 6.73. The molecule has 2 aromatic heterocycles. The van der Waals surface area contributed by atoms with E-state index in [0.29, 0.717) is 35.2 Å². The maximum absolute atomic E-state index is 13.8. The van der Waals surface area contributed by atoms with Crippen molar-refractivity contribution in [2.75, 3.05) is 21.3 Å². The zero-order valence-corrected chi connectivity index (χ0v) is 20.9. The zero-order valence-electron chi connectivity index (χ0n) is 20.9. The molecular weight excluding hydrogens is 446 g/mol. The molecule has 1 N–H and O–H groups in total. The predicted molar refractivity (Wildman–Crippen MR) is 131 cm³/mol. The lowest BCUT2D eigenvalue weighted by molar-refractivity contribution is 0.0654. The molecule has 0 unspecified atom stereocenters. The van der Waals surface area contributed by atoms with Crippen molar-refractivity contribution in [1.29, 1.82) is 0 Å². The van der Waals surface area contributed by atoms with Crippen LogP contribution in [0.5, 0.6) is 17.2 Å². The largest absolute Gasteiger partial charge is 0.493 e. The summed E-state index contributed by atoms with van der Waals surface area (Å²) in [6.45, 7) is 0.533. The second-order valence-electron chi connectivity index (χ2n) is 9.30. The number of ether oxygens (including phenoxy) is 3. The van der Waals surface area contributed by atoms with Crippen LogP contribution in [0, 0.1) is 0 Å². The third-order valence-electron chi connectivity index (χ3n) is 7.31. The van der Waals surface area contributed by atoms with Gasteiger partial charge in [-0.25, -0.2) is 0 Å². The minimum atomic E-state index is -0.0412. The Morgan fingerprint density at radius 3 is 2.43 bits per heavy atom. The Labute approximate surface area is 205 Å². The number of methoxy groups -OCH3 is 3. The van der Waals surface area contributed by atoms with Gasteiger partial charge in [-0.05, 0) is 55.9 Å². The van der Waals surface area contributed by atoms with Gasteiger partial charge in [-0.1, -0.05) is 12.8 Å². The molecule has 0 bridgehead atoms. The van der Waals surface area contributed by atoms with Gasteiger partial charge in [0, 0.05) is 24.3 Å². The molecule has 0 spiro atoms. The molecule has 2 heterocycles. The summed E-state index contributed by atoms with van der Waals surface area (Å²) in [6.07, 6.45) is 7.60. The number of hydrogen-bond donors (Lipinski definition) is 1. The smallest absolute Gasteiger partial charge is 0.272 e. The van der Waals surface area contributed by atoms with Gasteiger partial charge < -0.3 is 19.1 Å². The number of aromatic amines is 1. The first-order valence-electron chi connectivity index (χ1n) is 12.2. The lowest BCUT2D eigenvalue weighted by Crippen LogP contribution is -2.38. The fourth-order valence-corrected chi connectivity index (χ4v) is 5.53. The quantitative estimate of drug-likeness (QED) is 0.526. The van der Waals surface area contributed by atoms with Crippen LogP contribution in [0.15, 0.2) is 18.2 Å². The molecule has 1 aromatic carbocycles. The van der Waals surface area contributed by atoms with Crippen molar-refractivity contribution < 1.29 is 19.0 Å². The summed E-state index contributed by atoms with van der Waals surface area (Å²) < 4.78 is 18.4. The van der Waals surface area contributed by atoms with E-state index in [4.69, 9.17) is 19.3 Å². The number of carbonyl (C=O) groups excluding carboxylic acids is 1. The molecule has 9 nitrogen and oxygen atoms in total. The summed E-state index contributed by atoms with van der Waals surface area (Å²) in [6, 6.07) is 5.68. The van der Waals surface area contributed by atoms with Gasteiger partial charge in [-0.3, -0.25) is 14.6 Å². The number of H-pyrrole nitrogens is 1. The number of carbonyl (C=O) groups is 1. The van der Waals surface area contributed by atoms with E-state index < -0.39 is 0 Å². The standard InChI is InChI=1S/C26H33N5O4/c1-30-22-11-7-10-18(22)21(29-30)15-31(17-8-5-6-9-17)26(32)20-14-19(27-28-20)16-12-23(33-2)25(35-4)24(13-16)34-3/h12-14,17H,5-11,15H2,1-4H3,(H,27,28). The van der Waals surface area contributed by atoms with E-state index in [1.54, 1.807) is 27.4 Å². The molecule has 1 fully saturated rings. The topological polar surface area (TPSA) is 94.5 Å². The van der Waals surface area contributed by atoms with Crippen LogP contribution >= 0.6 is 0 Å². The molecule has 0 saturated heterocycles. The number of fused-ring (bicyclic) bond motifs is 1. The predicted octanol–water partition coefficient (Wildman–Crippen LogP) is 3.91. The first kappa shape index (κ1) is 23.3. The average molecular weight is 480 g/mol. The summed E-state index contributed by atoms with van der Waals surface area (Å²) in [4.78, 5) is 15.8. The van der Waals surface area contributed by atoms with Crippen LogP contribution in [0.3, 0.4) is 0 Å². The number of nitrogens with zero attached hydrogens (tertiary/aromatic N) is 4. The molecule has 0 aliphatic heterocycles. The minimum absolute atomic E-state index is 0.0412. The number of hydrogen-bond acceptors (Lipinski definition) is 6. The molecule has 186 valence electrons. The monoisotopic (exact) mass is 479 g/mol. The van der Waals surface area contributed by atoms with Crippen molar-refractivity contribution in [2.24, 2.45) is 7.05 Å². The van der Waals surface area contributed by atoms with Gasteiger partial charge in [0.1, 0.15) is 5.69 Å². The Balaban J connectivity index is 1.45. The van der Waals surface area contributed by atoms with Crippen LogP contribution in [0.1, 0.15) is 59.5 Å². The third-order valence-corrected chi connectivity index (χ3v) is 7.31. The fraction of sp³-hybridized carbons (Fsp3) is 0.500. The molecule has 0 radical (unpaired) electrons. The van der Waals surface area contributed by atoms with Gasteiger partial charge >= 0.3 is 0 Å². The molecule has 2 aliphatic carbocycles. The van der Waals surface area contributed by atoms with Crippen LogP contribution in [-0.2, 0) is 26.4 Å². The third kappa shape index (κ3) is 4.24. The van der Waals surface area contributed by atoms with E-state index in [1.165, 1.54) is 11.3 Å². The van der Waals surface area contributed by atoms with Crippen molar-refractivity contribution in [3.63, 3.8) is 0 Å². The summed E-state index contributed by atoms with van der Waals surface area (Å²) in [5.41, 5.74) is 5.54. The number of nitrogens with one attached hydrogen (secondary N) is 1. The number of rotatable bonds is 8. The lowest BCUT2D eigenvalue weighted by atomic mass is 10.1. The van der Waals surface area contributed by atoms with Gasteiger partial charge in [-0.2, -0.15) is 10.2 Å². The number of amides is 1. The molecule has 3 aromatic rings. The van der Waals surface area contributed by atoms with Crippen LogP contribution in [0.2, 0.25) is 0 Å². The molecule has 2 aliphatic rings. The van der Waals surface area contributed by atoms with Crippen LogP contribution < -0.4 is 14.2 Å². The van der Waals surface area contributed by atoms with Gasteiger partial charge in [0.05, 0.1) is 39.3 Å². The molecule has 0 atom stereocenters. The van der Waals surface area contributed by atoms with E-state index in [1.807, 2.05) is 28.8 Å². The normalized spacial score (nSPS) is 15.3. The molecule has 5 rings (SSSR count). The zero-order chi connectivity index (χ0) is 24.5. The van der Waals surface area contributed by atoms with E-state index in [-0.39, 0.29) is 11.9 Å². The number of aryl methyl sites for hydroxylation is 1. The van der Waals surface area contributed by atoms with Crippen LogP contribution in [0.4, 0.5) is 0 Å². The molecule has 1 amide bonds. The van der Waals surface area contributed by atoms with Crippen molar-refractivity contribution in [3.8, 4) is 28.5 Å². The summed E-state index contributed by atoms with van der Waals surface area (Å²) in [5, 5.41) is 12.2. The van der Waals surface area contributed by atoms with E-state index >= 15 is 0 Å². The Kier molecular flexibility index (Phi) is 6.40. The van der Waals surface area contributed by atoms with E-state index in [9.17, 15) is 4.79 Å². The second-order valence-corrected chi connectivity index (χ2v) is 9.30. The average Bonchev–Trinajstić information content (AvgIpc) is 3.68. The number of aromatic nitrogens is 4. The molecule has 1 saturated carbocycles. The van der Waals surface area contributed by atoms with Crippen molar-refractivity contribution in [2.45, 2.75) is 57.5 Å². The summed E-state index contributed by atoms with van der Waals surface area (Å²) in [5.74, 6) is 1.55. The molecular formula is C26H33N5O4.